The maximum Gasteiger partial charge on any atom is 0.307 e. The third-order valence-corrected chi connectivity index (χ3v) is 4.65. The second kappa shape index (κ2) is 9.06. The Morgan fingerprint density at radius 1 is 0.931 bits per heavy atom. The fraction of sp³-hybridized carbons (Fsp3) is 0.167. The minimum atomic E-state index is -0.890. The standard InChI is InChI=1S/C24H23NO4/c1-16(26)25-15-20-14-19(18-6-4-3-5-7-18)9-10-21(20)22-12-17(13-24(27)28)8-11-23(22)29-2/h3-12,14H,13,15H2,1-2H3,(H,25,26)(H,27,28). The van der Waals surface area contributed by atoms with Crippen molar-refractivity contribution in [2.24, 2.45) is 0 Å². The van der Waals surface area contributed by atoms with Crippen LogP contribution in [-0.4, -0.2) is 24.1 Å². The van der Waals surface area contributed by atoms with Gasteiger partial charge in [-0.2, -0.15) is 0 Å². The summed E-state index contributed by atoms with van der Waals surface area (Å²) >= 11 is 0. The molecule has 0 aliphatic heterocycles. The van der Waals surface area contributed by atoms with Gasteiger partial charge in [0.05, 0.1) is 13.5 Å². The summed E-state index contributed by atoms with van der Waals surface area (Å²) in [6, 6.07) is 21.4. The highest BCUT2D eigenvalue weighted by Crippen LogP contribution is 2.35. The van der Waals surface area contributed by atoms with Crippen molar-refractivity contribution < 1.29 is 19.4 Å². The molecule has 5 nitrogen and oxygen atoms in total. The van der Waals surface area contributed by atoms with Crippen LogP contribution in [0, 0.1) is 0 Å². The second-order valence-electron chi connectivity index (χ2n) is 6.75. The van der Waals surface area contributed by atoms with Crippen LogP contribution in [0.2, 0.25) is 0 Å². The number of amides is 1. The number of aliphatic carboxylic acids is 1. The van der Waals surface area contributed by atoms with Crippen molar-refractivity contribution in [2.75, 3.05) is 7.11 Å². The number of carboxylic acids is 1. The predicted molar refractivity (Wildman–Crippen MR) is 113 cm³/mol. The van der Waals surface area contributed by atoms with Crippen LogP contribution < -0.4 is 10.1 Å². The number of hydrogen-bond donors (Lipinski definition) is 2. The van der Waals surface area contributed by atoms with Gasteiger partial charge in [0.15, 0.2) is 0 Å². The average Bonchev–Trinajstić information content (AvgIpc) is 2.72. The van der Waals surface area contributed by atoms with Gasteiger partial charge in [-0.3, -0.25) is 9.59 Å². The lowest BCUT2D eigenvalue weighted by Gasteiger charge is -2.16. The summed E-state index contributed by atoms with van der Waals surface area (Å²) in [5.41, 5.74) is 5.41. The van der Waals surface area contributed by atoms with E-state index >= 15 is 0 Å². The van der Waals surface area contributed by atoms with Gasteiger partial charge in [-0.1, -0.05) is 48.5 Å². The molecule has 0 heterocycles. The fourth-order valence-electron chi connectivity index (χ4n) is 3.28. The molecule has 2 N–H and O–H groups in total. The molecule has 0 bridgehead atoms. The zero-order chi connectivity index (χ0) is 20.8. The number of hydrogen-bond acceptors (Lipinski definition) is 3. The number of methoxy groups -OCH3 is 1. The Hall–Kier alpha value is -3.60. The van der Waals surface area contributed by atoms with E-state index in [1.165, 1.54) is 6.92 Å². The minimum absolute atomic E-state index is 0.0693. The summed E-state index contributed by atoms with van der Waals surface area (Å²) in [6.45, 7) is 1.84. The molecule has 0 aliphatic rings. The molecule has 5 heteroatoms. The SMILES string of the molecule is COc1ccc(CC(=O)O)cc1-c1ccc(-c2ccccc2)cc1CNC(C)=O. The largest absolute Gasteiger partial charge is 0.496 e. The molecule has 1 amide bonds. The predicted octanol–water partition coefficient (Wildman–Crippen LogP) is 4.29. The molecule has 0 fully saturated rings. The third kappa shape index (κ3) is 5.02. The smallest absolute Gasteiger partial charge is 0.307 e. The molecule has 0 spiro atoms. The molecule has 29 heavy (non-hydrogen) atoms. The molecular weight excluding hydrogens is 366 g/mol. The fourth-order valence-corrected chi connectivity index (χ4v) is 3.28. The number of nitrogens with one attached hydrogen (secondary N) is 1. The van der Waals surface area contributed by atoms with Gasteiger partial charge in [0.25, 0.3) is 0 Å². The van der Waals surface area contributed by atoms with Crippen LogP contribution in [-0.2, 0) is 22.6 Å². The van der Waals surface area contributed by atoms with E-state index in [4.69, 9.17) is 9.84 Å². The molecule has 0 atom stereocenters. The number of ether oxygens (including phenoxy) is 1. The Bertz CT molecular complexity index is 1030. The van der Waals surface area contributed by atoms with Gasteiger partial charge in [0.1, 0.15) is 5.75 Å². The number of carboxylic acid groups (broad SMARTS) is 1. The monoisotopic (exact) mass is 389 g/mol. The van der Waals surface area contributed by atoms with E-state index in [0.717, 1.165) is 27.8 Å². The average molecular weight is 389 g/mol. The van der Waals surface area contributed by atoms with Gasteiger partial charge < -0.3 is 15.2 Å². The first-order valence-corrected chi connectivity index (χ1v) is 9.30. The van der Waals surface area contributed by atoms with E-state index in [-0.39, 0.29) is 12.3 Å². The van der Waals surface area contributed by atoms with Crippen molar-refractivity contribution in [2.45, 2.75) is 19.9 Å². The summed E-state index contributed by atoms with van der Waals surface area (Å²) in [7, 11) is 1.58. The number of benzene rings is 3. The molecule has 3 aromatic carbocycles. The summed E-state index contributed by atoms with van der Waals surface area (Å²) in [5, 5.41) is 12.0. The summed E-state index contributed by atoms with van der Waals surface area (Å²) < 4.78 is 5.52. The molecule has 3 aromatic rings. The summed E-state index contributed by atoms with van der Waals surface area (Å²) in [6.07, 6.45) is -0.0693. The molecular formula is C24H23NO4. The van der Waals surface area contributed by atoms with Gasteiger partial charge in [0.2, 0.25) is 5.91 Å². The summed E-state index contributed by atoms with van der Waals surface area (Å²) in [4.78, 5) is 22.7. The summed E-state index contributed by atoms with van der Waals surface area (Å²) in [5.74, 6) is -0.359. The van der Waals surface area contributed by atoms with Crippen LogP contribution in [0.3, 0.4) is 0 Å². The maximum absolute atomic E-state index is 11.5. The number of carbonyl (C=O) groups excluding carboxylic acids is 1. The molecule has 0 aliphatic carbocycles. The first-order valence-electron chi connectivity index (χ1n) is 9.30. The molecule has 0 saturated carbocycles. The highest BCUT2D eigenvalue weighted by molar-refractivity contribution is 5.80. The third-order valence-electron chi connectivity index (χ3n) is 4.65. The van der Waals surface area contributed by atoms with Crippen molar-refractivity contribution >= 4 is 11.9 Å². The van der Waals surface area contributed by atoms with Gasteiger partial charge in [-0.05, 0) is 46.0 Å². The van der Waals surface area contributed by atoms with Crippen molar-refractivity contribution in [1.82, 2.24) is 5.32 Å². The molecule has 0 aromatic heterocycles. The molecule has 148 valence electrons. The molecule has 0 saturated heterocycles. The van der Waals surface area contributed by atoms with Crippen LogP contribution in [0.25, 0.3) is 22.3 Å². The van der Waals surface area contributed by atoms with Crippen molar-refractivity contribution in [3.05, 3.63) is 77.9 Å². The normalized spacial score (nSPS) is 10.4. The first-order chi connectivity index (χ1) is 14.0. The van der Waals surface area contributed by atoms with E-state index in [1.54, 1.807) is 19.2 Å². The Balaban J connectivity index is 2.12. The quantitative estimate of drug-likeness (QED) is 0.632. The minimum Gasteiger partial charge on any atom is -0.496 e. The van der Waals surface area contributed by atoms with Crippen LogP contribution in [0.15, 0.2) is 66.7 Å². The number of rotatable bonds is 7. The van der Waals surface area contributed by atoms with E-state index in [2.05, 4.69) is 5.32 Å². The zero-order valence-corrected chi connectivity index (χ0v) is 16.4. The first kappa shape index (κ1) is 20.1. The van der Waals surface area contributed by atoms with Crippen LogP contribution in [0.5, 0.6) is 5.75 Å². The van der Waals surface area contributed by atoms with Gasteiger partial charge in [-0.15, -0.1) is 0 Å². The lowest BCUT2D eigenvalue weighted by atomic mass is 9.93. The Kier molecular flexibility index (Phi) is 6.29. The molecule has 0 unspecified atom stereocenters. The maximum atomic E-state index is 11.5. The number of carbonyl (C=O) groups is 2. The van der Waals surface area contributed by atoms with Crippen LogP contribution in [0.4, 0.5) is 0 Å². The highest BCUT2D eigenvalue weighted by Gasteiger charge is 2.14. The van der Waals surface area contributed by atoms with E-state index in [0.29, 0.717) is 17.9 Å². The van der Waals surface area contributed by atoms with Gasteiger partial charge >= 0.3 is 5.97 Å². The Labute approximate surface area is 170 Å². The van der Waals surface area contributed by atoms with E-state index in [9.17, 15) is 9.59 Å². The topological polar surface area (TPSA) is 75.6 Å². The lowest BCUT2D eigenvalue weighted by Crippen LogP contribution is -2.19. The van der Waals surface area contributed by atoms with Crippen molar-refractivity contribution in [1.29, 1.82) is 0 Å². The van der Waals surface area contributed by atoms with Crippen LogP contribution >= 0.6 is 0 Å². The van der Waals surface area contributed by atoms with Gasteiger partial charge in [-0.25, -0.2) is 0 Å². The van der Waals surface area contributed by atoms with E-state index < -0.39 is 5.97 Å². The molecule has 0 radical (unpaired) electrons. The van der Waals surface area contributed by atoms with Crippen molar-refractivity contribution in [3.8, 4) is 28.0 Å². The Morgan fingerprint density at radius 2 is 1.69 bits per heavy atom. The lowest BCUT2D eigenvalue weighted by molar-refractivity contribution is -0.136. The van der Waals surface area contributed by atoms with Crippen LogP contribution in [0.1, 0.15) is 18.1 Å². The second-order valence-corrected chi connectivity index (χ2v) is 6.75. The van der Waals surface area contributed by atoms with Crippen molar-refractivity contribution in [3.63, 3.8) is 0 Å². The van der Waals surface area contributed by atoms with E-state index in [1.807, 2.05) is 54.6 Å². The zero-order valence-electron chi connectivity index (χ0n) is 16.4. The Morgan fingerprint density at radius 3 is 2.34 bits per heavy atom. The molecule has 3 rings (SSSR count). The highest BCUT2D eigenvalue weighted by atomic mass is 16.5. The van der Waals surface area contributed by atoms with Gasteiger partial charge in [0, 0.05) is 19.0 Å².